The van der Waals surface area contributed by atoms with Crippen molar-refractivity contribution in [3.63, 3.8) is 0 Å². The number of rotatable bonds is 5. The van der Waals surface area contributed by atoms with E-state index in [-0.39, 0.29) is 12.3 Å². The highest BCUT2D eigenvalue weighted by Crippen LogP contribution is 2.14. The summed E-state index contributed by atoms with van der Waals surface area (Å²) < 4.78 is 0. The number of benzene rings is 1. The summed E-state index contributed by atoms with van der Waals surface area (Å²) >= 11 is 0. The van der Waals surface area contributed by atoms with Gasteiger partial charge < -0.3 is 5.32 Å². The number of hydrogen-bond acceptors (Lipinski definition) is 2. The molecule has 0 aromatic heterocycles. The van der Waals surface area contributed by atoms with Gasteiger partial charge in [0.05, 0.1) is 6.07 Å². The molecule has 1 rings (SSSR count). The third-order valence-electron chi connectivity index (χ3n) is 2.62. The third kappa shape index (κ3) is 4.69. The zero-order chi connectivity index (χ0) is 12.7. The van der Waals surface area contributed by atoms with Crippen LogP contribution in [-0.2, 0) is 11.2 Å². The van der Waals surface area contributed by atoms with Crippen molar-refractivity contribution in [1.29, 1.82) is 5.26 Å². The molecule has 0 aliphatic rings. The second kappa shape index (κ2) is 6.70. The van der Waals surface area contributed by atoms with E-state index in [9.17, 15) is 4.79 Å². The third-order valence-corrected chi connectivity index (χ3v) is 2.62. The average Bonchev–Trinajstić information content (AvgIpc) is 2.30. The van der Waals surface area contributed by atoms with Crippen LogP contribution in [0.2, 0.25) is 0 Å². The molecule has 0 radical (unpaired) electrons. The van der Waals surface area contributed by atoms with Crippen molar-refractivity contribution in [3.8, 4) is 6.07 Å². The summed E-state index contributed by atoms with van der Waals surface area (Å²) in [5.74, 6) is 0.339. The van der Waals surface area contributed by atoms with E-state index in [4.69, 9.17) is 5.26 Å². The van der Waals surface area contributed by atoms with Crippen LogP contribution in [-0.4, -0.2) is 12.5 Å². The maximum Gasteiger partial charge on any atom is 0.234 e. The molecule has 1 aromatic rings. The Labute approximate surface area is 102 Å². The van der Waals surface area contributed by atoms with Crippen LogP contribution in [0.5, 0.6) is 0 Å². The van der Waals surface area contributed by atoms with Crippen LogP contribution >= 0.6 is 0 Å². The largest absolute Gasteiger partial charge is 0.355 e. The van der Waals surface area contributed by atoms with E-state index >= 15 is 0 Å². The first-order valence-electron chi connectivity index (χ1n) is 5.86. The number of hydrogen-bond donors (Lipinski definition) is 1. The number of amides is 1. The molecule has 0 saturated carbocycles. The Morgan fingerprint density at radius 1 is 1.35 bits per heavy atom. The van der Waals surface area contributed by atoms with E-state index in [1.165, 1.54) is 11.1 Å². The van der Waals surface area contributed by atoms with Crippen molar-refractivity contribution in [3.05, 3.63) is 35.4 Å². The number of carbonyl (C=O) groups is 1. The van der Waals surface area contributed by atoms with Gasteiger partial charge in [-0.1, -0.05) is 38.1 Å². The van der Waals surface area contributed by atoms with Gasteiger partial charge in [0, 0.05) is 6.54 Å². The molecule has 1 amide bonds. The van der Waals surface area contributed by atoms with Crippen LogP contribution in [0.15, 0.2) is 24.3 Å². The predicted molar refractivity (Wildman–Crippen MR) is 67.5 cm³/mol. The van der Waals surface area contributed by atoms with Gasteiger partial charge in [0.1, 0.15) is 6.42 Å². The van der Waals surface area contributed by atoms with Crippen LogP contribution in [0.4, 0.5) is 0 Å². The molecule has 0 heterocycles. The summed E-state index contributed by atoms with van der Waals surface area (Å²) in [4.78, 5) is 11.0. The summed E-state index contributed by atoms with van der Waals surface area (Å²) in [7, 11) is 0. The molecular formula is C14H18N2O. The average molecular weight is 230 g/mol. The fraction of sp³-hybridized carbons (Fsp3) is 0.429. The maximum absolute atomic E-state index is 11.0. The quantitative estimate of drug-likeness (QED) is 0.844. The lowest BCUT2D eigenvalue weighted by atomic mass is 10.0. The van der Waals surface area contributed by atoms with Gasteiger partial charge in [0.2, 0.25) is 5.91 Å². The topological polar surface area (TPSA) is 52.9 Å². The maximum atomic E-state index is 11.0. The summed E-state index contributed by atoms with van der Waals surface area (Å²) in [6.45, 7) is 4.91. The molecule has 0 spiro atoms. The van der Waals surface area contributed by atoms with E-state index in [0.717, 1.165) is 6.42 Å². The zero-order valence-corrected chi connectivity index (χ0v) is 10.4. The summed E-state index contributed by atoms with van der Waals surface area (Å²) in [5, 5.41) is 11.0. The van der Waals surface area contributed by atoms with Gasteiger partial charge in [-0.05, 0) is 23.5 Å². The molecule has 0 unspecified atom stereocenters. The highest BCUT2D eigenvalue weighted by Gasteiger charge is 2.01. The van der Waals surface area contributed by atoms with E-state index in [1.54, 1.807) is 0 Å². The molecule has 0 bridgehead atoms. The van der Waals surface area contributed by atoms with E-state index in [2.05, 4.69) is 43.4 Å². The molecule has 1 aromatic carbocycles. The Kier molecular flexibility index (Phi) is 5.22. The molecule has 1 N–H and O–H groups in total. The Hall–Kier alpha value is -1.82. The van der Waals surface area contributed by atoms with E-state index in [0.29, 0.717) is 12.5 Å². The Morgan fingerprint density at radius 2 is 2.00 bits per heavy atom. The van der Waals surface area contributed by atoms with Gasteiger partial charge in [0.15, 0.2) is 0 Å². The van der Waals surface area contributed by atoms with Crippen LogP contribution in [0.3, 0.4) is 0 Å². The molecule has 17 heavy (non-hydrogen) atoms. The number of carbonyl (C=O) groups excluding carboxylic acids is 1. The summed E-state index contributed by atoms with van der Waals surface area (Å²) in [5.41, 5.74) is 2.52. The zero-order valence-electron chi connectivity index (χ0n) is 10.4. The normalized spacial score (nSPS) is 10.0. The Balaban J connectivity index is 2.38. The standard InChI is InChI=1S/C14H18N2O/c1-11(2)13-5-3-12(4-6-13)8-10-16-14(17)7-9-15/h3-6,11H,7-8,10H2,1-2H3,(H,16,17). The fourth-order valence-corrected chi connectivity index (χ4v) is 1.55. The monoisotopic (exact) mass is 230 g/mol. The molecule has 0 atom stereocenters. The molecule has 3 nitrogen and oxygen atoms in total. The minimum atomic E-state index is -0.202. The Morgan fingerprint density at radius 3 is 2.53 bits per heavy atom. The van der Waals surface area contributed by atoms with Gasteiger partial charge in [-0.25, -0.2) is 0 Å². The predicted octanol–water partition coefficient (Wildman–Crippen LogP) is 2.38. The van der Waals surface area contributed by atoms with Crippen LogP contribution in [0.25, 0.3) is 0 Å². The van der Waals surface area contributed by atoms with Crippen molar-refractivity contribution in [2.75, 3.05) is 6.54 Å². The second-order valence-corrected chi connectivity index (χ2v) is 4.33. The van der Waals surface area contributed by atoms with Gasteiger partial charge >= 0.3 is 0 Å². The molecule has 90 valence electrons. The van der Waals surface area contributed by atoms with Gasteiger partial charge in [-0.2, -0.15) is 5.26 Å². The number of nitriles is 1. The lowest BCUT2D eigenvalue weighted by Gasteiger charge is -2.07. The summed E-state index contributed by atoms with van der Waals surface area (Å²) in [6, 6.07) is 10.2. The first-order valence-corrected chi connectivity index (χ1v) is 5.86. The SMILES string of the molecule is CC(C)c1ccc(CCNC(=O)CC#N)cc1. The minimum Gasteiger partial charge on any atom is -0.355 e. The van der Waals surface area contributed by atoms with Crippen molar-refractivity contribution in [1.82, 2.24) is 5.32 Å². The lowest BCUT2D eigenvalue weighted by Crippen LogP contribution is -2.24. The molecule has 0 aliphatic heterocycles. The molecule has 0 saturated heterocycles. The van der Waals surface area contributed by atoms with Crippen molar-refractivity contribution in [2.45, 2.75) is 32.6 Å². The van der Waals surface area contributed by atoms with Gasteiger partial charge in [-0.3, -0.25) is 4.79 Å². The van der Waals surface area contributed by atoms with Crippen molar-refractivity contribution >= 4 is 5.91 Å². The van der Waals surface area contributed by atoms with Crippen LogP contribution < -0.4 is 5.32 Å². The number of nitrogens with one attached hydrogen (secondary N) is 1. The molecule has 3 heteroatoms. The smallest absolute Gasteiger partial charge is 0.234 e. The van der Waals surface area contributed by atoms with Crippen molar-refractivity contribution in [2.24, 2.45) is 0 Å². The molecule has 0 fully saturated rings. The van der Waals surface area contributed by atoms with Gasteiger partial charge in [0.25, 0.3) is 0 Å². The Bertz CT molecular complexity index is 401. The highest BCUT2D eigenvalue weighted by atomic mass is 16.1. The van der Waals surface area contributed by atoms with Crippen molar-refractivity contribution < 1.29 is 4.79 Å². The number of nitrogens with zero attached hydrogens (tertiary/aromatic N) is 1. The lowest BCUT2D eigenvalue weighted by molar-refractivity contribution is -0.120. The second-order valence-electron chi connectivity index (χ2n) is 4.33. The van der Waals surface area contributed by atoms with Crippen LogP contribution in [0, 0.1) is 11.3 Å². The first-order chi connectivity index (χ1) is 8.13. The van der Waals surface area contributed by atoms with Gasteiger partial charge in [-0.15, -0.1) is 0 Å². The van der Waals surface area contributed by atoms with Crippen LogP contribution in [0.1, 0.15) is 37.3 Å². The minimum absolute atomic E-state index is 0.0632. The van der Waals surface area contributed by atoms with E-state index < -0.39 is 0 Å². The first kappa shape index (κ1) is 13.2. The summed E-state index contributed by atoms with van der Waals surface area (Å²) in [6.07, 6.45) is 0.738. The molecular weight excluding hydrogens is 212 g/mol. The fourth-order valence-electron chi connectivity index (χ4n) is 1.55. The molecule has 0 aliphatic carbocycles. The van der Waals surface area contributed by atoms with E-state index in [1.807, 2.05) is 6.07 Å². The highest BCUT2D eigenvalue weighted by molar-refractivity contribution is 5.77.